The minimum absolute atomic E-state index is 0.141. The average Bonchev–Trinajstić information content (AvgIpc) is 3.71. The minimum atomic E-state index is -2.80. The molecule has 0 saturated carbocycles. The molecule has 44 heavy (non-hydrogen) atoms. The van der Waals surface area contributed by atoms with Gasteiger partial charge < -0.3 is 19.5 Å². The van der Waals surface area contributed by atoms with Crippen molar-refractivity contribution in [3.05, 3.63) is 120 Å². The van der Waals surface area contributed by atoms with Crippen molar-refractivity contribution < 1.29 is 28.2 Å². The zero-order valence-electron chi connectivity index (χ0n) is 24.1. The van der Waals surface area contributed by atoms with E-state index in [9.17, 15) is 9.46 Å². The molecule has 12 heteroatoms. The summed E-state index contributed by atoms with van der Waals surface area (Å²) in [4.78, 5) is 18.5. The Morgan fingerprint density at radius 3 is 2.05 bits per heavy atom. The van der Waals surface area contributed by atoms with Crippen molar-refractivity contribution in [2.24, 2.45) is 0 Å². The van der Waals surface area contributed by atoms with Crippen LogP contribution >= 0.6 is 8.25 Å². The van der Waals surface area contributed by atoms with E-state index in [2.05, 4.69) is 51.8 Å². The second-order valence-electron chi connectivity index (χ2n) is 11.2. The molecule has 2 fully saturated rings. The van der Waals surface area contributed by atoms with Gasteiger partial charge in [-0.15, -0.1) is 9.42 Å². The number of benzene rings is 3. The third kappa shape index (κ3) is 5.07. The van der Waals surface area contributed by atoms with Gasteiger partial charge in [-0.05, 0) is 30.5 Å². The van der Waals surface area contributed by atoms with Gasteiger partial charge in [0.15, 0.2) is 17.7 Å². The molecule has 5 aromatic rings. The van der Waals surface area contributed by atoms with E-state index in [1.165, 1.54) is 6.33 Å². The number of anilines is 1. The van der Waals surface area contributed by atoms with Crippen LogP contribution in [0.4, 0.5) is 5.82 Å². The number of ether oxygens (including phenoxy) is 3. The van der Waals surface area contributed by atoms with Crippen molar-refractivity contribution in [1.29, 1.82) is 0 Å². The van der Waals surface area contributed by atoms with Crippen LogP contribution in [0.1, 0.15) is 36.8 Å². The molecule has 11 nitrogen and oxygen atoms in total. The molecule has 3 aromatic carbocycles. The molecule has 2 aliphatic rings. The molecular weight excluding hydrogens is 581 g/mol. The molecule has 2 unspecified atom stereocenters. The lowest BCUT2D eigenvalue weighted by molar-refractivity contribution is -0.200. The third-order valence-corrected chi connectivity index (χ3v) is 8.40. The van der Waals surface area contributed by atoms with Crippen molar-refractivity contribution in [3.8, 4) is 0 Å². The summed E-state index contributed by atoms with van der Waals surface area (Å²) in [6.07, 6.45) is 0.727. The maximum Gasteiger partial charge on any atom is 0.694 e. The van der Waals surface area contributed by atoms with E-state index in [0.29, 0.717) is 16.9 Å². The maximum atomic E-state index is 11.3. The summed E-state index contributed by atoms with van der Waals surface area (Å²) in [6, 6.07) is 30.7. The summed E-state index contributed by atoms with van der Waals surface area (Å²) in [6.45, 7) is 3.49. The first-order valence-electron chi connectivity index (χ1n) is 14.3. The number of nitrogens with one attached hydrogen (secondary N) is 1. The second-order valence-corrected chi connectivity index (χ2v) is 11.9. The van der Waals surface area contributed by atoms with Crippen LogP contribution in [0.5, 0.6) is 0 Å². The Kier molecular flexibility index (Phi) is 7.45. The summed E-state index contributed by atoms with van der Waals surface area (Å²) in [5, 5.41) is 9.17. The molecule has 2 aliphatic heterocycles. The molecule has 4 heterocycles. The van der Waals surface area contributed by atoms with Gasteiger partial charge in [0, 0.05) is 4.57 Å². The molecule has 2 saturated heterocycles. The predicted molar refractivity (Wildman–Crippen MR) is 162 cm³/mol. The van der Waals surface area contributed by atoms with E-state index >= 15 is 0 Å². The van der Waals surface area contributed by atoms with Gasteiger partial charge in [0.2, 0.25) is 0 Å². The fourth-order valence-electron chi connectivity index (χ4n) is 6.23. The SMILES string of the molecule is CC1(C)OC2[C@@H](O1)[C@@H](CO[P+](=O)O)O[C@H]2n1ncc2c(NC(c3ccccc3)(c3ccccc3)c3ccccc3)ncnc21. The molecule has 7 rings (SSSR count). The molecule has 0 bridgehead atoms. The number of fused-ring (bicyclic) bond motifs is 2. The highest BCUT2D eigenvalue weighted by Crippen LogP contribution is 2.45. The molecule has 0 amide bonds. The van der Waals surface area contributed by atoms with Gasteiger partial charge in [0.25, 0.3) is 0 Å². The van der Waals surface area contributed by atoms with Crippen molar-refractivity contribution in [1.82, 2.24) is 19.7 Å². The zero-order valence-corrected chi connectivity index (χ0v) is 25.0. The summed E-state index contributed by atoms with van der Waals surface area (Å²) >= 11 is 0. The minimum Gasteiger partial charge on any atom is -0.352 e. The van der Waals surface area contributed by atoms with Crippen molar-refractivity contribution in [2.75, 3.05) is 11.9 Å². The predicted octanol–water partition coefficient (Wildman–Crippen LogP) is 5.31. The second kappa shape index (κ2) is 11.4. The largest absolute Gasteiger partial charge is 0.694 e. The van der Waals surface area contributed by atoms with Crippen LogP contribution in [0.25, 0.3) is 11.0 Å². The Bertz CT molecular complexity index is 1680. The Balaban J connectivity index is 1.33. The smallest absolute Gasteiger partial charge is 0.352 e. The molecule has 0 radical (unpaired) electrons. The Hall–Kier alpha value is -4.09. The molecular formula is C32H31N5O6P+. The molecule has 2 aromatic heterocycles. The van der Waals surface area contributed by atoms with Gasteiger partial charge in [-0.3, -0.25) is 0 Å². The topological polar surface area (TPSA) is 130 Å². The lowest BCUT2D eigenvalue weighted by atomic mass is 9.77. The standard InChI is InChI=1S/C32H30N5O6P/c1-31(2)42-26-25(19-40-44(38)39)41-30(27(26)43-31)37-29-24(18-35-37)28(33-20-34-29)36-32(21-12-6-3-7-13-21,22-14-8-4-9-15-22)23-16-10-5-11-17-23/h3-18,20,25-27,30H,19H2,1-2H3,(H-,33,34,36,38,39)/p+1/t25-,26+,27?,30-/m1/s1. The monoisotopic (exact) mass is 612 g/mol. The number of nitrogens with zero attached hydrogens (tertiary/aromatic N) is 4. The van der Waals surface area contributed by atoms with E-state index in [4.69, 9.17) is 23.7 Å². The summed E-state index contributed by atoms with van der Waals surface area (Å²) in [7, 11) is -2.80. The lowest BCUT2D eigenvalue weighted by Crippen LogP contribution is -2.38. The number of hydrogen-bond acceptors (Lipinski definition) is 9. The highest BCUT2D eigenvalue weighted by molar-refractivity contribution is 7.32. The summed E-state index contributed by atoms with van der Waals surface area (Å²) in [5.41, 5.74) is 2.81. The zero-order chi connectivity index (χ0) is 30.3. The first kappa shape index (κ1) is 28.7. The van der Waals surface area contributed by atoms with Crippen LogP contribution in [0, 0.1) is 0 Å². The van der Waals surface area contributed by atoms with Gasteiger partial charge in [0.05, 0.1) is 11.6 Å². The van der Waals surface area contributed by atoms with Crippen LogP contribution in [0.2, 0.25) is 0 Å². The molecule has 0 aliphatic carbocycles. The number of rotatable bonds is 9. The maximum absolute atomic E-state index is 11.3. The average molecular weight is 613 g/mol. The number of aromatic nitrogens is 4. The first-order chi connectivity index (χ1) is 21.4. The van der Waals surface area contributed by atoms with Gasteiger partial charge in [-0.2, -0.15) is 5.10 Å². The van der Waals surface area contributed by atoms with Gasteiger partial charge >= 0.3 is 8.25 Å². The van der Waals surface area contributed by atoms with Crippen LogP contribution in [-0.2, 0) is 28.8 Å². The van der Waals surface area contributed by atoms with Crippen molar-refractivity contribution in [2.45, 2.75) is 49.7 Å². The fraction of sp³-hybridized carbons (Fsp3) is 0.281. The van der Waals surface area contributed by atoms with E-state index in [-0.39, 0.29) is 6.61 Å². The van der Waals surface area contributed by atoms with Gasteiger partial charge in [0.1, 0.15) is 42.6 Å². The molecule has 5 atom stereocenters. The van der Waals surface area contributed by atoms with E-state index < -0.39 is 44.1 Å². The van der Waals surface area contributed by atoms with Crippen LogP contribution < -0.4 is 5.32 Å². The van der Waals surface area contributed by atoms with Crippen molar-refractivity contribution >= 4 is 25.1 Å². The summed E-state index contributed by atoms with van der Waals surface area (Å²) < 4.78 is 36.5. The fourth-order valence-corrected chi connectivity index (χ4v) is 6.51. The van der Waals surface area contributed by atoms with Crippen molar-refractivity contribution in [3.63, 3.8) is 0 Å². The number of hydrogen-bond donors (Lipinski definition) is 2. The Morgan fingerprint density at radius 2 is 1.48 bits per heavy atom. The van der Waals surface area contributed by atoms with Crippen LogP contribution in [0.3, 0.4) is 0 Å². The van der Waals surface area contributed by atoms with Crippen LogP contribution in [-0.4, -0.2) is 55.3 Å². The molecule has 2 N–H and O–H groups in total. The lowest BCUT2D eigenvalue weighted by Gasteiger charge is -2.37. The van der Waals surface area contributed by atoms with E-state index in [0.717, 1.165) is 16.7 Å². The Morgan fingerprint density at radius 1 is 0.909 bits per heavy atom. The molecule has 224 valence electrons. The quantitative estimate of drug-likeness (QED) is 0.167. The third-order valence-electron chi connectivity index (χ3n) is 8.03. The van der Waals surface area contributed by atoms with Crippen LogP contribution in [0.15, 0.2) is 104 Å². The van der Waals surface area contributed by atoms with Gasteiger partial charge in [-0.1, -0.05) is 91.0 Å². The molecule has 0 spiro atoms. The first-order valence-corrected chi connectivity index (χ1v) is 15.4. The van der Waals surface area contributed by atoms with E-state index in [1.54, 1.807) is 10.9 Å². The highest BCUT2D eigenvalue weighted by Gasteiger charge is 2.57. The van der Waals surface area contributed by atoms with E-state index in [1.807, 2.05) is 68.4 Å². The van der Waals surface area contributed by atoms with Gasteiger partial charge in [-0.25, -0.2) is 14.6 Å². The highest BCUT2D eigenvalue weighted by atomic mass is 31.1. The Labute approximate surface area is 254 Å². The summed E-state index contributed by atoms with van der Waals surface area (Å²) in [5.74, 6) is -0.309. The normalized spacial score (nSPS) is 23.0.